The van der Waals surface area contributed by atoms with Gasteiger partial charge < -0.3 is 90.0 Å². The third-order valence-electron chi connectivity index (χ3n) is 22.2. The van der Waals surface area contributed by atoms with Gasteiger partial charge in [0.15, 0.2) is 31.3 Å². The van der Waals surface area contributed by atoms with Crippen LogP contribution in [0.15, 0.2) is 291 Å². The number of ether oxygens (including phenoxy) is 19. The summed E-state index contributed by atoms with van der Waals surface area (Å²) in [6.07, 6.45) is -24.8. The van der Waals surface area contributed by atoms with Crippen LogP contribution >= 0.6 is 11.6 Å². The molecule has 10 aromatic carbocycles. The van der Waals surface area contributed by atoms with Crippen LogP contribution < -0.4 is 9.47 Å². The molecular formula is C97H98ClNO22. The summed E-state index contributed by atoms with van der Waals surface area (Å²) >= 11 is 6.45. The van der Waals surface area contributed by atoms with Crippen molar-refractivity contribution in [3.63, 3.8) is 0 Å². The first-order valence-corrected chi connectivity index (χ1v) is 41.5. The SMILES string of the molecule is COc1ccc(O[C@@H]2O[C@H](COCc3ccccc3)[C@@H](O[C@H]3O[C@@H]4COC(c5ccccc5)O[C@H]4[C@H](OCc4ccccc4)[C@H]3OCc3ccccc3)[C@H](OC3OC(C)C(OCc4ccccc4)C(O[C@H]4O[C@@H](C)[C@H](OCc5ccccc5)[C@@H](OCc5ccccc5)[C@H]4OC(=O)CCl)C3OCc3ccccc3)[C@H]2N2C(=O)c3ccccc3C2=O)cc1. The van der Waals surface area contributed by atoms with Crippen LogP contribution in [-0.2, 0) is 132 Å². The number of amides is 2. The summed E-state index contributed by atoms with van der Waals surface area (Å²) in [6, 6.07) is 88.7. The monoisotopic (exact) mass is 1660 g/mol. The van der Waals surface area contributed by atoms with E-state index in [2.05, 4.69) is 0 Å². The molecule has 16 rings (SSSR count). The van der Waals surface area contributed by atoms with Crippen LogP contribution in [0.25, 0.3) is 0 Å². The molecule has 6 aliphatic rings. The first-order valence-electron chi connectivity index (χ1n) is 41.0. The number of rotatable bonds is 35. The molecule has 6 aliphatic heterocycles. The van der Waals surface area contributed by atoms with E-state index in [0.717, 1.165) is 49.4 Å². The Bertz CT molecular complexity index is 4840. The van der Waals surface area contributed by atoms with Crippen molar-refractivity contribution in [3.05, 3.63) is 347 Å². The standard InChI is InChI=1S/C97H98ClNO22/c1-62-80(105-54-65-32-14-5-15-33-65)85(107-56-67-36-18-7-19-37-67)90(117-78(100)52-98)97(113-62)121-87-81(106-55-66-34-16-6-17-35-66)63(2)112-95(89(87)110-59-70-42-24-10-25-43-70)120-84-79(99-91(101)74-46-28-29-47-75(74)92(99)102)94(114-73-50-48-72(103-3)49-51-73)115-76(60-104-53-64-30-12-4-13-31-64)82(84)119-96-88(109-58-69-40-22-9-23-41-69)86(108-57-68-38-20-8-21-39-68)83-77(116-96)61-111-93(118-83)71-44-26-11-27-45-71/h4-51,62-63,76-77,79-90,93-97H,52-61H2,1-3H3/t62-,63?,76+,77+,79+,80-,81?,82+,83+,84+,85+,86-,87?,88+,89?,90+,93?,94+,95?,96+,97+/m0/s1. The number of imide groups is 1. The van der Waals surface area contributed by atoms with Gasteiger partial charge >= 0.3 is 5.97 Å². The van der Waals surface area contributed by atoms with E-state index in [9.17, 15) is 4.79 Å². The number of carbonyl (C=O) groups excluding carboxylic acids is 3. The van der Waals surface area contributed by atoms with Crippen molar-refractivity contribution in [1.29, 1.82) is 0 Å². The molecule has 0 saturated carbocycles. The summed E-state index contributed by atoms with van der Waals surface area (Å²) < 4.78 is 136. The average Bonchev–Trinajstić information content (AvgIpc) is 1.69. The molecule has 0 spiro atoms. The van der Waals surface area contributed by atoms with Gasteiger partial charge in [0.2, 0.25) is 6.29 Å². The third-order valence-corrected chi connectivity index (χ3v) is 22.4. The molecule has 0 aliphatic carbocycles. The molecule has 630 valence electrons. The Hall–Kier alpha value is -9.94. The molecule has 23 nitrogen and oxygen atoms in total. The number of carbonyl (C=O) groups is 3. The lowest BCUT2D eigenvalue weighted by Crippen LogP contribution is -2.71. The number of nitrogens with zero attached hydrogens (tertiary/aromatic N) is 1. The highest BCUT2D eigenvalue weighted by atomic mass is 35.5. The number of esters is 1. The molecule has 0 aromatic heterocycles. The van der Waals surface area contributed by atoms with Crippen LogP contribution in [0.4, 0.5) is 0 Å². The van der Waals surface area contributed by atoms with E-state index in [1.54, 1.807) is 55.6 Å². The molecule has 10 aromatic rings. The maximum Gasteiger partial charge on any atom is 0.321 e. The van der Waals surface area contributed by atoms with E-state index < -0.39 is 153 Å². The summed E-state index contributed by atoms with van der Waals surface area (Å²) in [5.74, 6) is -2.00. The smallest absolute Gasteiger partial charge is 0.321 e. The predicted octanol–water partition coefficient (Wildman–Crippen LogP) is 14.8. The van der Waals surface area contributed by atoms with Gasteiger partial charge in [-0.3, -0.25) is 19.3 Å². The van der Waals surface area contributed by atoms with Crippen molar-refractivity contribution >= 4 is 29.4 Å². The number of alkyl halides is 1. The summed E-state index contributed by atoms with van der Waals surface area (Å²) in [5, 5.41) is 0. The van der Waals surface area contributed by atoms with E-state index in [1.807, 2.05) is 257 Å². The second-order valence-corrected chi connectivity index (χ2v) is 30.7. The summed E-state index contributed by atoms with van der Waals surface area (Å²) in [6.45, 7) is 3.69. The highest BCUT2D eigenvalue weighted by Crippen LogP contribution is 2.45. The predicted molar refractivity (Wildman–Crippen MR) is 442 cm³/mol. The van der Waals surface area contributed by atoms with Gasteiger partial charge in [-0.1, -0.05) is 255 Å². The Labute approximate surface area is 708 Å². The topological polar surface area (TPSA) is 230 Å². The summed E-state index contributed by atoms with van der Waals surface area (Å²) in [5.41, 5.74) is 6.70. The molecule has 6 unspecified atom stereocenters. The van der Waals surface area contributed by atoms with Gasteiger partial charge in [-0.05, 0) is 89.2 Å². The first kappa shape index (κ1) is 84.7. The molecule has 5 saturated heterocycles. The van der Waals surface area contributed by atoms with Gasteiger partial charge in [0, 0.05) is 5.56 Å². The zero-order valence-corrected chi connectivity index (χ0v) is 68.0. The lowest BCUT2D eigenvalue weighted by molar-refractivity contribution is -0.403. The Morgan fingerprint density at radius 3 is 1.23 bits per heavy atom. The van der Waals surface area contributed by atoms with E-state index in [4.69, 9.17) is 102 Å². The lowest BCUT2D eigenvalue weighted by atomic mass is 9.92. The third kappa shape index (κ3) is 20.9. The van der Waals surface area contributed by atoms with Crippen LogP contribution in [0.3, 0.4) is 0 Å². The van der Waals surface area contributed by atoms with Crippen molar-refractivity contribution in [2.24, 2.45) is 0 Å². The van der Waals surface area contributed by atoms with E-state index in [-0.39, 0.29) is 76.3 Å². The number of fused-ring (bicyclic) bond motifs is 2. The fourth-order valence-corrected chi connectivity index (χ4v) is 16.2. The Kier molecular flexibility index (Phi) is 28.9. The summed E-state index contributed by atoms with van der Waals surface area (Å²) in [7, 11) is 1.55. The normalized spacial score (nSPS) is 28.4. The number of hydrogen-bond donors (Lipinski definition) is 0. The van der Waals surface area contributed by atoms with Crippen molar-refractivity contribution in [2.45, 2.75) is 189 Å². The van der Waals surface area contributed by atoms with Gasteiger partial charge in [0.05, 0.1) is 89.9 Å². The average molecular weight is 1670 g/mol. The minimum absolute atomic E-state index is 0.0132. The second-order valence-electron chi connectivity index (χ2n) is 30.4. The molecule has 121 heavy (non-hydrogen) atoms. The van der Waals surface area contributed by atoms with Gasteiger partial charge in [-0.15, -0.1) is 11.6 Å². The number of hydrogen-bond acceptors (Lipinski definition) is 22. The van der Waals surface area contributed by atoms with Gasteiger partial charge in [-0.25, -0.2) is 0 Å². The number of benzene rings is 10. The molecule has 5 fully saturated rings. The minimum Gasteiger partial charge on any atom is -0.497 e. The molecule has 2 amide bonds. The molecule has 0 radical (unpaired) electrons. The van der Waals surface area contributed by atoms with Crippen LogP contribution in [0.1, 0.15) is 85.4 Å². The molecule has 0 N–H and O–H groups in total. The van der Waals surface area contributed by atoms with Crippen molar-refractivity contribution in [1.82, 2.24) is 4.90 Å². The summed E-state index contributed by atoms with van der Waals surface area (Å²) in [4.78, 5) is 47.4. The zero-order chi connectivity index (χ0) is 82.8. The number of methoxy groups -OCH3 is 1. The zero-order valence-electron chi connectivity index (χ0n) is 67.2. The fraction of sp³-hybridized carbons (Fsp3) is 0.351. The van der Waals surface area contributed by atoms with E-state index >= 15 is 9.59 Å². The van der Waals surface area contributed by atoms with Crippen molar-refractivity contribution < 1.29 is 104 Å². The van der Waals surface area contributed by atoms with E-state index in [1.165, 1.54) is 0 Å². The molecule has 6 heterocycles. The highest BCUT2D eigenvalue weighted by Gasteiger charge is 2.62. The van der Waals surface area contributed by atoms with Gasteiger partial charge in [0.25, 0.3) is 11.8 Å². The molecular weight excluding hydrogens is 1570 g/mol. The fourth-order valence-electron chi connectivity index (χ4n) is 16.2. The largest absolute Gasteiger partial charge is 0.497 e. The van der Waals surface area contributed by atoms with Crippen LogP contribution in [0, 0.1) is 0 Å². The minimum atomic E-state index is -1.67. The van der Waals surface area contributed by atoms with Crippen molar-refractivity contribution in [2.75, 3.05) is 26.2 Å². The lowest BCUT2D eigenvalue weighted by Gasteiger charge is -2.53. The first-order chi connectivity index (χ1) is 59.5. The van der Waals surface area contributed by atoms with Crippen LogP contribution in [0.2, 0.25) is 0 Å². The molecule has 21 atom stereocenters. The van der Waals surface area contributed by atoms with Crippen LogP contribution in [-0.4, -0.2) is 172 Å². The van der Waals surface area contributed by atoms with Crippen LogP contribution in [0.5, 0.6) is 11.5 Å². The van der Waals surface area contributed by atoms with Gasteiger partial charge in [-0.2, -0.15) is 0 Å². The van der Waals surface area contributed by atoms with Gasteiger partial charge in [0.1, 0.15) is 96.7 Å². The second kappa shape index (κ2) is 41.3. The number of halogens is 1. The Morgan fingerprint density at radius 2 is 0.760 bits per heavy atom. The Balaban J connectivity index is 0.862. The highest BCUT2D eigenvalue weighted by molar-refractivity contribution is 6.26. The molecule has 24 heteroatoms. The Morgan fingerprint density at radius 1 is 0.380 bits per heavy atom. The van der Waals surface area contributed by atoms with Crippen molar-refractivity contribution in [3.8, 4) is 11.5 Å². The molecule has 0 bridgehead atoms. The maximum atomic E-state index is 16.0. The van der Waals surface area contributed by atoms with E-state index in [0.29, 0.717) is 5.75 Å². The quantitative estimate of drug-likeness (QED) is 0.0204. The maximum absolute atomic E-state index is 16.0.